The molecular formula is C23H29NO2. The molecule has 0 unspecified atom stereocenters. The number of nitrogens with one attached hydrogen (secondary N) is 1. The largest absolute Gasteiger partial charge is 0.494 e. The van der Waals surface area contributed by atoms with Crippen LogP contribution in [0.25, 0.3) is 11.1 Å². The Morgan fingerprint density at radius 1 is 1.15 bits per heavy atom. The Morgan fingerprint density at radius 3 is 2.69 bits per heavy atom. The molecule has 0 heterocycles. The van der Waals surface area contributed by atoms with Gasteiger partial charge in [0.15, 0.2) is 0 Å². The fourth-order valence-corrected chi connectivity index (χ4v) is 4.10. The molecule has 0 aliphatic heterocycles. The van der Waals surface area contributed by atoms with Crippen molar-refractivity contribution in [3.05, 3.63) is 47.5 Å². The summed E-state index contributed by atoms with van der Waals surface area (Å²) >= 11 is 0. The quantitative estimate of drug-likeness (QED) is 0.615. The van der Waals surface area contributed by atoms with Gasteiger partial charge < -0.3 is 10.1 Å². The van der Waals surface area contributed by atoms with Crippen LogP contribution in [0.5, 0.6) is 5.75 Å². The summed E-state index contributed by atoms with van der Waals surface area (Å²) in [7, 11) is 0. The summed E-state index contributed by atoms with van der Waals surface area (Å²) < 4.78 is 5.78. The van der Waals surface area contributed by atoms with Gasteiger partial charge in [0.1, 0.15) is 5.75 Å². The van der Waals surface area contributed by atoms with Crippen molar-refractivity contribution >= 4 is 12.1 Å². The van der Waals surface area contributed by atoms with E-state index in [1.807, 2.05) is 19.1 Å². The van der Waals surface area contributed by atoms with Crippen LogP contribution in [0.3, 0.4) is 0 Å². The van der Waals surface area contributed by atoms with E-state index in [1.165, 1.54) is 54.4 Å². The lowest BCUT2D eigenvalue weighted by Crippen LogP contribution is -2.02. The Bertz CT molecular complexity index is 748. The van der Waals surface area contributed by atoms with E-state index in [2.05, 4.69) is 36.5 Å². The number of amides is 1. The van der Waals surface area contributed by atoms with Crippen molar-refractivity contribution < 1.29 is 9.53 Å². The third-order valence-electron chi connectivity index (χ3n) is 5.50. The first kappa shape index (κ1) is 18.5. The summed E-state index contributed by atoms with van der Waals surface area (Å²) in [6, 6.07) is 12.5. The van der Waals surface area contributed by atoms with Crippen molar-refractivity contribution in [1.82, 2.24) is 0 Å². The highest BCUT2D eigenvalue weighted by Crippen LogP contribution is 2.36. The topological polar surface area (TPSA) is 38.3 Å². The van der Waals surface area contributed by atoms with Gasteiger partial charge >= 0.3 is 0 Å². The average molecular weight is 351 g/mol. The normalized spacial score (nSPS) is 14.4. The van der Waals surface area contributed by atoms with Crippen molar-refractivity contribution in [2.24, 2.45) is 5.92 Å². The average Bonchev–Trinajstić information content (AvgIpc) is 3.16. The van der Waals surface area contributed by atoms with E-state index >= 15 is 0 Å². The Kier molecular flexibility index (Phi) is 6.32. The number of carbonyl (C=O) groups excluding carboxylic acids is 1. The summed E-state index contributed by atoms with van der Waals surface area (Å²) in [6.07, 6.45) is 8.49. The second kappa shape index (κ2) is 8.88. The third kappa shape index (κ3) is 4.27. The smallest absolute Gasteiger partial charge is 0.211 e. The van der Waals surface area contributed by atoms with E-state index < -0.39 is 0 Å². The predicted molar refractivity (Wildman–Crippen MR) is 108 cm³/mol. The summed E-state index contributed by atoms with van der Waals surface area (Å²) in [4.78, 5) is 10.9. The molecule has 1 N–H and O–H groups in total. The highest BCUT2D eigenvalue weighted by Gasteiger charge is 2.17. The predicted octanol–water partition coefficient (Wildman–Crippen LogP) is 5.75. The molecule has 0 saturated heterocycles. The van der Waals surface area contributed by atoms with E-state index in [4.69, 9.17) is 4.74 Å². The molecule has 1 amide bonds. The minimum atomic E-state index is 0.668. The van der Waals surface area contributed by atoms with Gasteiger partial charge in [0.05, 0.1) is 6.61 Å². The number of ether oxygens (including phenoxy) is 1. The van der Waals surface area contributed by atoms with Crippen LogP contribution in [0.4, 0.5) is 5.69 Å². The van der Waals surface area contributed by atoms with E-state index in [0.717, 1.165) is 30.2 Å². The molecule has 0 spiro atoms. The van der Waals surface area contributed by atoms with Gasteiger partial charge in [-0.05, 0) is 73.1 Å². The lowest BCUT2D eigenvalue weighted by molar-refractivity contribution is -0.105. The van der Waals surface area contributed by atoms with Crippen molar-refractivity contribution in [2.45, 2.75) is 52.4 Å². The van der Waals surface area contributed by atoms with Crippen LogP contribution in [0.1, 0.15) is 50.2 Å². The van der Waals surface area contributed by atoms with Gasteiger partial charge in [-0.1, -0.05) is 43.9 Å². The Hall–Kier alpha value is -2.29. The van der Waals surface area contributed by atoms with Crippen molar-refractivity contribution in [3.63, 3.8) is 0 Å². The van der Waals surface area contributed by atoms with Crippen LogP contribution in [0, 0.1) is 12.8 Å². The second-order valence-corrected chi connectivity index (χ2v) is 7.18. The summed E-state index contributed by atoms with van der Waals surface area (Å²) in [6.45, 7) is 4.80. The Balaban J connectivity index is 1.94. The van der Waals surface area contributed by atoms with Gasteiger partial charge in [0.2, 0.25) is 6.41 Å². The maximum atomic E-state index is 10.9. The maximum absolute atomic E-state index is 10.9. The molecule has 0 bridgehead atoms. The number of aryl methyl sites for hydroxylation is 1. The molecule has 0 aromatic heterocycles. The molecule has 26 heavy (non-hydrogen) atoms. The maximum Gasteiger partial charge on any atom is 0.211 e. The molecule has 1 fully saturated rings. The van der Waals surface area contributed by atoms with Crippen LogP contribution in [0.2, 0.25) is 0 Å². The van der Waals surface area contributed by atoms with E-state index in [1.54, 1.807) is 0 Å². The van der Waals surface area contributed by atoms with Crippen molar-refractivity contribution in [1.29, 1.82) is 0 Å². The third-order valence-corrected chi connectivity index (χ3v) is 5.50. The van der Waals surface area contributed by atoms with Crippen LogP contribution in [-0.4, -0.2) is 13.0 Å². The molecule has 3 heteroatoms. The van der Waals surface area contributed by atoms with Crippen LogP contribution in [-0.2, 0) is 11.2 Å². The zero-order valence-corrected chi connectivity index (χ0v) is 15.9. The van der Waals surface area contributed by atoms with Crippen LogP contribution < -0.4 is 10.1 Å². The summed E-state index contributed by atoms with van der Waals surface area (Å²) in [5, 5.41) is 2.80. The number of anilines is 1. The van der Waals surface area contributed by atoms with Gasteiger partial charge in [-0.2, -0.15) is 0 Å². The Morgan fingerprint density at radius 2 is 1.96 bits per heavy atom. The Labute approximate surface area is 156 Å². The van der Waals surface area contributed by atoms with Gasteiger partial charge in [0.25, 0.3) is 0 Å². The van der Waals surface area contributed by atoms with E-state index in [0.29, 0.717) is 6.61 Å². The highest BCUT2D eigenvalue weighted by molar-refractivity contribution is 5.78. The zero-order chi connectivity index (χ0) is 18.4. The van der Waals surface area contributed by atoms with Gasteiger partial charge in [-0.25, -0.2) is 0 Å². The molecule has 1 aliphatic rings. The molecule has 1 aliphatic carbocycles. The van der Waals surface area contributed by atoms with Crippen molar-refractivity contribution in [2.75, 3.05) is 11.9 Å². The van der Waals surface area contributed by atoms with Crippen LogP contribution in [0.15, 0.2) is 36.4 Å². The van der Waals surface area contributed by atoms with E-state index in [-0.39, 0.29) is 0 Å². The lowest BCUT2D eigenvalue weighted by atomic mass is 9.90. The molecule has 3 nitrogen and oxygen atoms in total. The number of rotatable bonds is 8. The molecule has 0 radical (unpaired) electrons. The number of hydrogen-bond acceptors (Lipinski definition) is 2. The van der Waals surface area contributed by atoms with Gasteiger partial charge in [-0.3, -0.25) is 4.79 Å². The van der Waals surface area contributed by atoms with E-state index in [9.17, 15) is 4.79 Å². The molecule has 138 valence electrons. The van der Waals surface area contributed by atoms with Crippen LogP contribution >= 0.6 is 0 Å². The molecule has 0 atom stereocenters. The standard InChI is InChI=1S/C23H29NO2/c1-3-26-23-10-6-9-21(17(23)2)22-14-13-20(24-16-25)15-19(22)12-11-18-7-4-5-8-18/h6,9-10,13-16,18H,3-5,7-8,11-12H2,1-2H3,(H,24,25). The highest BCUT2D eigenvalue weighted by atomic mass is 16.5. The molecular weight excluding hydrogens is 322 g/mol. The summed E-state index contributed by atoms with van der Waals surface area (Å²) in [5.74, 6) is 1.79. The molecule has 2 aromatic carbocycles. The van der Waals surface area contributed by atoms with Gasteiger partial charge in [-0.15, -0.1) is 0 Å². The SMILES string of the molecule is CCOc1cccc(-c2ccc(NC=O)cc2CCC2CCCC2)c1C. The minimum Gasteiger partial charge on any atom is -0.494 e. The van der Waals surface area contributed by atoms with Gasteiger partial charge in [0, 0.05) is 5.69 Å². The first-order chi connectivity index (χ1) is 12.7. The zero-order valence-electron chi connectivity index (χ0n) is 15.9. The summed E-state index contributed by atoms with van der Waals surface area (Å²) in [5.41, 5.74) is 5.81. The number of hydrogen-bond donors (Lipinski definition) is 1. The second-order valence-electron chi connectivity index (χ2n) is 7.18. The first-order valence-electron chi connectivity index (χ1n) is 9.78. The lowest BCUT2D eigenvalue weighted by Gasteiger charge is -2.17. The molecule has 3 rings (SSSR count). The fraction of sp³-hybridized carbons (Fsp3) is 0.435. The minimum absolute atomic E-state index is 0.668. The van der Waals surface area contributed by atoms with Crippen molar-refractivity contribution in [3.8, 4) is 16.9 Å². The molecule has 2 aromatic rings. The monoisotopic (exact) mass is 351 g/mol. The first-order valence-corrected chi connectivity index (χ1v) is 9.78. The fourth-order valence-electron chi connectivity index (χ4n) is 4.10. The number of benzene rings is 2. The molecule has 1 saturated carbocycles. The number of carbonyl (C=O) groups is 1.